The smallest absolute Gasteiger partial charge is 0.337 e. The number of nitrogens with zero attached hydrogens (tertiary/aromatic N) is 8. The lowest BCUT2D eigenvalue weighted by Crippen LogP contribution is -2.44. The molecule has 7 aromatic carbocycles. The zero-order chi connectivity index (χ0) is 103. The van der Waals surface area contributed by atoms with E-state index in [0.717, 1.165) is 69.9 Å². The van der Waals surface area contributed by atoms with E-state index in [0.29, 0.717) is 57.8 Å². The van der Waals surface area contributed by atoms with Crippen molar-refractivity contribution in [3.8, 4) is 5.75 Å². The molecule has 3 aromatic heterocycles. The molecule has 4 heterocycles. The fraction of sp³-hybridized carbons (Fsp3) is 0.466. The normalized spacial score (nSPS) is 11.5. The molecule has 0 unspecified atom stereocenters. The van der Waals surface area contributed by atoms with Crippen LogP contribution in [0.5, 0.6) is 5.75 Å². The number of para-hydroxylation sites is 2. The Bertz CT molecular complexity index is 4910. The third kappa shape index (κ3) is 44.8. The number of rotatable bonds is 23. The molecule has 135 heavy (non-hydrogen) atoms. The number of hydrogen-bond donors (Lipinski definition) is 1. The number of nitrogens with one attached hydrogen (secondary N) is 1. The van der Waals surface area contributed by atoms with Crippen LogP contribution in [0.15, 0.2) is 250 Å². The number of aromatic nitrogens is 5. The number of ether oxygens (including phenoxy) is 1. The second-order valence-electron chi connectivity index (χ2n) is 39.6. The Hall–Kier alpha value is -11.4. The van der Waals surface area contributed by atoms with Gasteiger partial charge < -0.3 is 24.3 Å². The molecule has 0 spiro atoms. The van der Waals surface area contributed by atoms with Gasteiger partial charge in [0, 0.05) is 111 Å². The predicted octanol–water partition coefficient (Wildman–Crippen LogP) is 31.6. The lowest BCUT2D eigenvalue weighted by Gasteiger charge is -2.37. The van der Waals surface area contributed by atoms with Gasteiger partial charge in [-0.15, -0.1) is 0 Å². The fourth-order valence-corrected chi connectivity index (χ4v) is 14.5. The maximum atomic E-state index is 12.4. The molecule has 1 aliphatic rings. The van der Waals surface area contributed by atoms with E-state index in [-0.39, 0.29) is 52.1 Å². The number of benzene rings is 7. The minimum atomic E-state index is -1.72. The molecule has 734 valence electrons. The Morgan fingerprint density at radius 3 is 1.35 bits per heavy atom. The standard InChI is InChI=1S/C22H23NO3.C15H26OSi.C12H18.C11H15NO.C10H11N.C10H12O.C10H22.C8H11N.2C7H10N2.C6H13NO/c1-15(2)21(24)14-20(16-7-5-4-6-8-16)23-12-11-17-13-18(22(25)26-3)9-10-19(17)23;1-12(2)13-10-8-9-11-14(13)16-17(6,7)15(3,4)5;1-10(2)12(3,4)11-8-6-5-7-9-11;1-8(2)10-6-4-5-7-11(10)12-9(3)13;1-8(2)9-4-6-10(11-3)7-5-9;1-8(2)10(11)9-6-4-3-5-7-9;1-6-10(7-2,8-3)9(4)5;1-7(2)8-3-5-9-6-4-8;1-6(2)7-3-8-5-9-4-7;1-6(2)7-8-4-3-5-9-7;1-5(2)6(8)7(3)4/h4-10,13-15H,11-12H2,1-3H3;8-12H,1-7H3;5-10H,1-4H3;4-8H,1-3H3,(H,12,13);4-8H,1-2H3;3-8H,1-2H3;9H,6-8H2,1-5H3;3-7H,1-2H3;2*3-6H,1-2H3;5H,1-4H3/b20-14-;;;;;;;;;;. The first-order chi connectivity index (χ1) is 63.4. The number of esters is 1. The first-order valence-corrected chi connectivity index (χ1v) is 51.5. The van der Waals surface area contributed by atoms with Gasteiger partial charge in [0.2, 0.25) is 20.1 Å². The average molecular weight is 1860 g/mol. The van der Waals surface area contributed by atoms with E-state index in [9.17, 15) is 24.0 Å². The molecule has 0 radical (unpaired) electrons. The number of ketones is 2. The number of amides is 2. The van der Waals surface area contributed by atoms with Crippen LogP contribution >= 0.6 is 0 Å². The average Bonchev–Trinajstić information content (AvgIpc) is 1.71. The van der Waals surface area contributed by atoms with Crippen LogP contribution in [-0.4, -0.2) is 95.2 Å². The topological polar surface area (TPSA) is 191 Å². The van der Waals surface area contributed by atoms with Crippen LogP contribution < -0.4 is 14.6 Å². The lowest BCUT2D eigenvalue weighted by molar-refractivity contribution is -0.131. The van der Waals surface area contributed by atoms with Crippen molar-refractivity contribution in [1.82, 2.24) is 29.8 Å². The molecule has 2 amide bonds. The maximum Gasteiger partial charge on any atom is 0.337 e. The largest absolute Gasteiger partial charge is 0.543 e. The Labute approximate surface area is 819 Å². The van der Waals surface area contributed by atoms with Gasteiger partial charge in [0.1, 0.15) is 17.9 Å². The molecule has 10 aromatic rings. The van der Waals surface area contributed by atoms with Gasteiger partial charge in [0.25, 0.3) is 0 Å². The van der Waals surface area contributed by atoms with E-state index in [4.69, 9.17) is 15.7 Å². The minimum Gasteiger partial charge on any atom is -0.543 e. The van der Waals surface area contributed by atoms with Crippen LogP contribution in [0, 0.1) is 41.6 Å². The monoisotopic (exact) mass is 1850 g/mol. The lowest BCUT2D eigenvalue weighted by atomic mass is 9.71. The number of methoxy groups -OCH3 is 1. The summed E-state index contributed by atoms with van der Waals surface area (Å²) >= 11 is 0. The van der Waals surface area contributed by atoms with Gasteiger partial charge in [-0.3, -0.25) is 24.2 Å². The van der Waals surface area contributed by atoms with Crippen LogP contribution in [0.2, 0.25) is 18.1 Å². The van der Waals surface area contributed by atoms with Gasteiger partial charge in [-0.05, 0) is 170 Å². The van der Waals surface area contributed by atoms with Crippen molar-refractivity contribution in [1.29, 1.82) is 0 Å². The molecule has 11 rings (SSSR count). The quantitative estimate of drug-likeness (QED) is 0.0209. The molecule has 0 bridgehead atoms. The van der Waals surface area contributed by atoms with Crippen molar-refractivity contribution in [3.63, 3.8) is 0 Å². The number of Topliss-reactive ketones (excluding diaryl/α,β-unsaturated/α-hetero) is 1. The van der Waals surface area contributed by atoms with Crippen molar-refractivity contribution >= 4 is 60.4 Å². The van der Waals surface area contributed by atoms with E-state index in [1.54, 1.807) is 49.9 Å². The van der Waals surface area contributed by atoms with E-state index in [1.807, 2.05) is 206 Å². The third-order valence-electron chi connectivity index (χ3n) is 24.4. The molecule has 0 saturated heterocycles. The summed E-state index contributed by atoms with van der Waals surface area (Å²) in [6.07, 6.45) is 19.0. The van der Waals surface area contributed by atoms with Crippen LogP contribution in [0.1, 0.15) is 340 Å². The van der Waals surface area contributed by atoms with Crippen LogP contribution in [0.3, 0.4) is 0 Å². The molecule has 0 atom stereocenters. The van der Waals surface area contributed by atoms with Crippen LogP contribution in [-0.2, 0) is 31.0 Å². The predicted molar refractivity (Wildman–Crippen MR) is 575 cm³/mol. The Kier molecular flexibility index (Phi) is 56.8. The number of carbonyl (C=O) groups excluding carboxylic acids is 5. The fourth-order valence-electron chi connectivity index (χ4n) is 13.4. The molecule has 0 aliphatic carbocycles. The van der Waals surface area contributed by atoms with Gasteiger partial charge in [-0.2, -0.15) is 0 Å². The number of hydrogen-bond acceptors (Lipinski definition) is 13. The Balaban J connectivity index is 0.000000759. The van der Waals surface area contributed by atoms with Crippen molar-refractivity contribution < 1.29 is 33.1 Å². The summed E-state index contributed by atoms with van der Waals surface area (Å²) in [7, 11) is 3.19. The zero-order valence-corrected chi connectivity index (χ0v) is 90.5. The van der Waals surface area contributed by atoms with Crippen LogP contribution in [0.4, 0.5) is 17.1 Å². The second-order valence-corrected chi connectivity index (χ2v) is 44.4. The first kappa shape index (κ1) is 122. The van der Waals surface area contributed by atoms with Gasteiger partial charge in [-0.1, -0.05) is 379 Å². The highest BCUT2D eigenvalue weighted by atomic mass is 28.4. The molecule has 1 aliphatic heterocycles. The molecule has 0 saturated carbocycles. The summed E-state index contributed by atoms with van der Waals surface area (Å²) in [5.41, 5.74) is 15.7. The molecule has 17 heteroatoms. The third-order valence-corrected chi connectivity index (χ3v) is 28.8. The van der Waals surface area contributed by atoms with E-state index in [2.05, 4.69) is 274 Å². The van der Waals surface area contributed by atoms with Gasteiger partial charge in [0.05, 0.1) is 24.9 Å². The first-order valence-electron chi connectivity index (χ1n) is 48.6. The van der Waals surface area contributed by atoms with Crippen molar-refractivity contribution in [2.75, 3.05) is 38.0 Å². The summed E-state index contributed by atoms with van der Waals surface area (Å²) < 4.78 is 11.2. The minimum absolute atomic E-state index is 0.0203. The van der Waals surface area contributed by atoms with Crippen molar-refractivity contribution in [3.05, 3.63) is 323 Å². The number of allylic oxidation sites excluding steroid dienone is 1. The molecular formula is C118H171N9O7Si. The summed E-state index contributed by atoms with van der Waals surface area (Å²) in [5.74, 6) is 6.91. The number of anilines is 2. The van der Waals surface area contributed by atoms with Crippen LogP contribution in [0.25, 0.3) is 10.5 Å². The zero-order valence-electron chi connectivity index (χ0n) is 89.5. The number of pyridine rings is 1. The summed E-state index contributed by atoms with van der Waals surface area (Å²) in [6.45, 7) is 78.3. The highest BCUT2D eigenvalue weighted by Gasteiger charge is 2.39. The van der Waals surface area contributed by atoms with E-state index >= 15 is 0 Å². The highest BCUT2D eigenvalue weighted by molar-refractivity contribution is 6.74. The van der Waals surface area contributed by atoms with Gasteiger partial charge >= 0.3 is 5.97 Å². The van der Waals surface area contributed by atoms with Crippen molar-refractivity contribution in [2.45, 2.75) is 299 Å². The molecular weight excluding hydrogens is 1680 g/mol. The molecule has 0 fully saturated rings. The Morgan fingerprint density at radius 1 is 0.504 bits per heavy atom. The summed E-state index contributed by atoms with van der Waals surface area (Å²) in [4.78, 5) is 84.1. The van der Waals surface area contributed by atoms with E-state index in [1.165, 1.54) is 66.7 Å². The maximum absolute atomic E-state index is 12.4. The van der Waals surface area contributed by atoms with Gasteiger partial charge in [-0.25, -0.2) is 29.6 Å². The second kappa shape index (κ2) is 63.1. The molecule has 16 nitrogen and oxygen atoms in total. The van der Waals surface area contributed by atoms with E-state index < -0.39 is 8.32 Å². The molecule has 1 N–H and O–H groups in total. The summed E-state index contributed by atoms with van der Waals surface area (Å²) in [6, 6.07) is 65.6. The van der Waals surface area contributed by atoms with Crippen molar-refractivity contribution in [2.24, 2.45) is 35.0 Å². The number of fused-ring (bicyclic) bond motifs is 1. The Morgan fingerprint density at radius 2 is 0.970 bits per heavy atom. The highest BCUT2D eigenvalue weighted by Crippen LogP contribution is 2.41. The summed E-state index contributed by atoms with van der Waals surface area (Å²) in [5, 5.41) is 3.06. The number of carbonyl (C=O) groups is 5. The SMILES string of the molecule is CC(=O)Nc1ccccc1C(C)C.CC(C)C(=O)N(C)C.CC(C)C(=O)c1ccccc1.CC(C)C(C)(C)c1ccccc1.CC(C)c1ccccc1O[Si](C)(C)C(C)(C)C.CC(C)c1ccncc1.CC(C)c1cncnc1.CC(C)c1ncccn1.CCC(CC)(CC)C(C)C.COC(=O)c1ccc2c(c1)CCN2/C(=C\C(=O)C(C)C)c1ccccc1.[C-]#[N+]c1ccc(C(C)C)cc1. The van der Waals surface area contributed by atoms with Gasteiger partial charge in [0.15, 0.2) is 17.3 Å².